The lowest BCUT2D eigenvalue weighted by Gasteiger charge is -2.13. The molecule has 0 fully saturated rings. The molecule has 0 spiro atoms. The molecule has 16 heavy (non-hydrogen) atoms. The Kier molecular flexibility index (Phi) is 5.11. The fourth-order valence-electron chi connectivity index (χ4n) is 1.22. The molecule has 1 aromatic heterocycles. The zero-order valence-electron chi connectivity index (χ0n) is 9.43. The molecule has 0 aliphatic carbocycles. The van der Waals surface area contributed by atoms with Crippen LogP contribution in [0.1, 0.15) is 24.3 Å². The van der Waals surface area contributed by atoms with Crippen molar-refractivity contribution in [2.45, 2.75) is 19.9 Å². The van der Waals surface area contributed by atoms with Crippen LogP contribution in [0.4, 0.5) is 5.82 Å². The maximum Gasteiger partial charge on any atom is 0.354 e. The normalized spacial score (nSPS) is 12.1. The maximum atomic E-state index is 10.7. The van der Waals surface area contributed by atoms with Crippen LogP contribution in [0.15, 0.2) is 18.2 Å². The number of aromatic nitrogens is 1. The van der Waals surface area contributed by atoms with Crippen molar-refractivity contribution in [1.29, 1.82) is 0 Å². The van der Waals surface area contributed by atoms with E-state index < -0.39 is 5.97 Å². The largest absolute Gasteiger partial charge is 0.477 e. The number of aromatic carboxylic acids is 1. The second-order valence-electron chi connectivity index (χ2n) is 3.42. The van der Waals surface area contributed by atoms with Gasteiger partial charge in [-0.15, -0.1) is 0 Å². The Bertz CT molecular complexity index is 358. The number of rotatable bonds is 6. The third kappa shape index (κ3) is 4.10. The van der Waals surface area contributed by atoms with E-state index in [-0.39, 0.29) is 11.7 Å². The fourth-order valence-corrected chi connectivity index (χ4v) is 1.90. The molecular formula is C11H16N2O2S. The second-order valence-corrected chi connectivity index (χ2v) is 4.74. The molecule has 88 valence electrons. The Labute approximate surface area is 99.5 Å². The van der Waals surface area contributed by atoms with Gasteiger partial charge >= 0.3 is 5.97 Å². The highest BCUT2D eigenvalue weighted by Crippen LogP contribution is 2.09. The molecule has 0 aliphatic rings. The average molecular weight is 240 g/mol. The Morgan fingerprint density at radius 1 is 1.62 bits per heavy atom. The van der Waals surface area contributed by atoms with E-state index in [9.17, 15) is 4.79 Å². The molecule has 0 radical (unpaired) electrons. The molecular weight excluding hydrogens is 224 g/mol. The van der Waals surface area contributed by atoms with Gasteiger partial charge < -0.3 is 10.4 Å². The van der Waals surface area contributed by atoms with Gasteiger partial charge in [-0.2, -0.15) is 11.8 Å². The zero-order valence-corrected chi connectivity index (χ0v) is 10.3. The lowest BCUT2D eigenvalue weighted by Crippen LogP contribution is -2.19. The van der Waals surface area contributed by atoms with Gasteiger partial charge in [0.05, 0.1) is 0 Å². The summed E-state index contributed by atoms with van der Waals surface area (Å²) in [4.78, 5) is 14.7. The van der Waals surface area contributed by atoms with Gasteiger partial charge in [0.25, 0.3) is 0 Å². The van der Waals surface area contributed by atoms with Crippen LogP contribution in [0, 0.1) is 0 Å². The number of thioether (sulfide) groups is 1. The van der Waals surface area contributed by atoms with E-state index in [1.807, 2.05) is 11.8 Å². The first-order valence-corrected chi connectivity index (χ1v) is 6.33. The SMILES string of the molecule is CCSCC(C)Nc1cccc(C(=O)O)n1. The molecule has 4 nitrogen and oxygen atoms in total. The summed E-state index contributed by atoms with van der Waals surface area (Å²) in [5.74, 6) is 1.67. The molecule has 0 aliphatic heterocycles. The number of anilines is 1. The van der Waals surface area contributed by atoms with E-state index in [1.54, 1.807) is 12.1 Å². The first-order chi connectivity index (χ1) is 7.63. The number of hydrogen-bond acceptors (Lipinski definition) is 4. The fraction of sp³-hybridized carbons (Fsp3) is 0.455. The predicted octanol–water partition coefficient (Wildman–Crippen LogP) is 2.33. The van der Waals surface area contributed by atoms with Crippen LogP contribution in [0.2, 0.25) is 0 Å². The quantitative estimate of drug-likeness (QED) is 0.799. The molecule has 1 atom stereocenters. The van der Waals surface area contributed by atoms with Crippen LogP contribution in [-0.2, 0) is 0 Å². The van der Waals surface area contributed by atoms with Gasteiger partial charge in [0.15, 0.2) is 5.69 Å². The highest BCUT2D eigenvalue weighted by atomic mass is 32.2. The van der Waals surface area contributed by atoms with Crippen molar-refractivity contribution in [3.63, 3.8) is 0 Å². The van der Waals surface area contributed by atoms with Gasteiger partial charge in [-0.05, 0) is 24.8 Å². The molecule has 0 aromatic carbocycles. The van der Waals surface area contributed by atoms with Crippen molar-refractivity contribution < 1.29 is 9.90 Å². The maximum absolute atomic E-state index is 10.7. The van der Waals surface area contributed by atoms with Crippen LogP contribution in [0.25, 0.3) is 0 Å². The molecule has 2 N–H and O–H groups in total. The van der Waals surface area contributed by atoms with Crippen LogP contribution in [0.3, 0.4) is 0 Å². The summed E-state index contributed by atoms with van der Waals surface area (Å²) < 4.78 is 0. The standard InChI is InChI=1S/C11H16N2O2S/c1-3-16-7-8(2)12-10-6-4-5-9(13-10)11(14)15/h4-6,8H,3,7H2,1-2H3,(H,12,13)(H,14,15). The third-order valence-electron chi connectivity index (χ3n) is 1.93. The molecule has 1 rings (SSSR count). The number of carboxylic acid groups (broad SMARTS) is 1. The van der Waals surface area contributed by atoms with Crippen molar-refractivity contribution in [3.8, 4) is 0 Å². The van der Waals surface area contributed by atoms with Gasteiger partial charge in [-0.1, -0.05) is 13.0 Å². The number of nitrogens with zero attached hydrogens (tertiary/aromatic N) is 1. The van der Waals surface area contributed by atoms with Crippen LogP contribution in [0.5, 0.6) is 0 Å². The Balaban J connectivity index is 2.59. The van der Waals surface area contributed by atoms with Crippen LogP contribution < -0.4 is 5.32 Å². The van der Waals surface area contributed by atoms with Gasteiger partial charge in [-0.25, -0.2) is 9.78 Å². The number of carboxylic acids is 1. The molecule has 0 amide bonds. The second kappa shape index (κ2) is 6.37. The van der Waals surface area contributed by atoms with E-state index >= 15 is 0 Å². The highest BCUT2D eigenvalue weighted by Gasteiger charge is 2.07. The summed E-state index contributed by atoms with van der Waals surface area (Å²) in [6.07, 6.45) is 0. The van der Waals surface area contributed by atoms with Crippen molar-refractivity contribution in [2.75, 3.05) is 16.8 Å². The summed E-state index contributed by atoms with van der Waals surface area (Å²) in [5, 5.41) is 12.0. The molecule has 1 aromatic rings. The minimum absolute atomic E-state index is 0.0698. The monoisotopic (exact) mass is 240 g/mol. The highest BCUT2D eigenvalue weighted by molar-refractivity contribution is 7.99. The first-order valence-electron chi connectivity index (χ1n) is 5.18. The average Bonchev–Trinajstić information content (AvgIpc) is 2.26. The van der Waals surface area contributed by atoms with Crippen molar-refractivity contribution in [2.24, 2.45) is 0 Å². The van der Waals surface area contributed by atoms with E-state index in [4.69, 9.17) is 5.11 Å². The topological polar surface area (TPSA) is 62.2 Å². The summed E-state index contributed by atoms with van der Waals surface area (Å²) in [6, 6.07) is 5.23. The van der Waals surface area contributed by atoms with E-state index in [0.717, 1.165) is 11.5 Å². The van der Waals surface area contributed by atoms with Crippen molar-refractivity contribution in [1.82, 2.24) is 4.98 Å². The summed E-state index contributed by atoms with van der Waals surface area (Å²) in [5.41, 5.74) is 0.0698. The molecule has 1 heterocycles. The lowest BCUT2D eigenvalue weighted by molar-refractivity contribution is 0.0690. The Hall–Kier alpha value is -1.23. The van der Waals surface area contributed by atoms with Crippen molar-refractivity contribution in [3.05, 3.63) is 23.9 Å². The molecule has 5 heteroatoms. The minimum atomic E-state index is -1.00. The number of hydrogen-bond donors (Lipinski definition) is 2. The smallest absolute Gasteiger partial charge is 0.354 e. The van der Waals surface area contributed by atoms with Crippen LogP contribution >= 0.6 is 11.8 Å². The predicted molar refractivity (Wildman–Crippen MR) is 67.3 cm³/mol. The van der Waals surface area contributed by atoms with Crippen LogP contribution in [-0.4, -0.2) is 33.6 Å². The first kappa shape index (κ1) is 12.8. The summed E-state index contributed by atoms with van der Waals surface area (Å²) in [6.45, 7) is 4.17. The number of nitrogens with one attached hydrogen (secondary N) is 1. The van der Waals surface area contributed by atoms with Gasteiger partial charge in [0, 0.05) is 11.8 Å². The third-order valence-corrected chi connectivity index (χ3v) is 3.08. The molecule has 0 saturated carbocycles. The molecule has 1 unspecified atom stereocenters. The zero-order chi connectivity index (χ0) is 12.0. The van der Waals surface area contributed by atoms with E-state index in [0.29, 0.717) is 5.82 Å². The minimum Gasteiger partial charge on any atom is -0.477 e. The Morgan fingerprint density at radius 2 is 2.38 bits per heavy atom. The van der Waals surface area contributed by atoms with E-state index in [1.165, 1.54) is 6.07 Å². The van der Waals surface area contributed by atoms with Gasteiger partial charge in [-0.3, -0.25) is 0 Å². The summed E-state index contributed by atoms with van der Waals surface area (Å²) >= 11 is 1.84. The molecule has 0 bridgehead atoms. The van der Waals surface area contributed by atoms with E-state index in [2.05, 4.69) is 24.1 Å². The number of carbonyl (C=O) groups is 1. The van der Waals surface area contributed by atoms with Crippen molar-refractivity contribution >= 4 is 23.5 Å². The summed E-state index contributed by atoms with van der Waals surface area (Å²) in [7, 11) is 0. The van der Waals surface area contributed by atoms with Gasteiger partial charge in [0.1, 0.15) is 5.82 Å². The lowest BCUT2D eigenvalue weighted by atomic mass is 10.3. The van der Waals surface area contributed by atoms with Gasteiger partial charge in [0.2, 0.25) is 0 Å². The Morgan fingerprint density at radius 3 is 3.00 bits per heavy atom. The molecule has 0 saturated heterocycles. The number of pyridine rings is 1.